The second kappa shape index (κ2) is 5.51. The summed E-state index contributed by atoms with van der Waals surface area (Å²) in [5.74, 6) is 0. The Bertz CT molecular complexity index is 336. The molecule has 3 nitrogen and oxygen atoms in total. The predicted octanol–water partition coefficient (Wildman–Crippen LogP) is 1.08. The van der Waals surface area contributed by atoms with Crippen molar-refractivity contribution in [1.29, 1.82) is 0 Å². The van der Waals surface area contributed by atoms with Gasteiger partial charge < -0.3 is 10.6 Å². The number of nitrogens with two attached hydrogens (primary N) is 1. The lowest BCUT2D eigenvalue weighted by molar-refractivity contribution is -0.106. The van der Waals surface area contributed by atoms with Crippen LogP contribution in [0.15, 0.2) is 18.2 Å². The molecule has 2 N–H and O–H groups in total. The summed E-state index contributed by atoms with van der Waals surface area (Å²) in [5, 5.41) is 0. The quantitative estimate of drug-likeness (QED) is 0.646. The number of benzene rings is 1. The van der Waals surface area contributed by atoms with Gasteiger partial charge in [-0.1, -0.05) is 23.8 Å². The summed E-state index contributed by atoms with van der Waals surface area (Å²) in [6, 6.07) is 6.79. The van der Waals surface area contributed by atoms with E-state index in [1.54, 1.807) is 5.56 Å². The van der Waals surface area contributed by atoms with E-state index in [1.165, 1.54) is 24.1 Å². The average Bonchev–Trinajstić information content (AvgIpc) is 2.20. The highest BCUT2D eigenvalue weighted by atomic mass is 16.1. The lowest BCUT2D eigenvalue weighted by Gasteiger charge is -2.24. The molecule has 15 heavy (non-hydrogen) atoms. The Kier molecular flexibility index (Phi) is 4.31. The number of fused-ring (bicyclic) bond motifs is 1. The van der Waals surface area contributed by atoms with Crippen molar-refractivity contribution in [2.75, 3.05) is 13.6 Å². The van der Waals surface area contributed by atoms with Gasteiger partial charge in [-0.25, -0.2) is 0 Å². The molecular weight excluding hydrogens is 188 g/mol. The standard InChI is InChI=1S/C11H15N.CH3NO/c1-9-3-4-11-8-12(2)6-5-10(11)7-9;2-1-3/h3-4,7H,5-6,8H2,1-2H3;1H,(H2,2,3). The summed E-state index contributed by atoms with van der Waals surface area (Å²) in [6.07, 6.45) is 1.47. The number of amides is 1. The van der Waals surface area contributed by atoms with Crippen LogP contribution in [0.2, 0.25) is 0 Å². The van der Waals surface area contributed by atoms with Crippen molar-refractivity contribution in [2.45, 2.75) is 19.9 Å². The summed E-state index contributed by atoms with van der Waals surface area (Å²) in [7, 11) is 2.18. The van der Waals surface area contributed by atoms with Gasteiger partial charge in [0.15, 0.2) is 0 Å². The highest BCUT2D eigenvalue weighted by Gasteiger charge is 2.11. The molecule has 0 atom stereocenters. The minimum atomic E-state index is 0.250. The lowest BCUT2D eigenvalue weighted by Crippen LogP contribution is -2.26. The summed E-state index contributed by atoms with van der Waals surface area (Å²) in [5.41, 5.74) is 8.61. The van der Waals surface area contributed by atoms with Gasteiger partial charge in [-0.3, -0.25) is 4.79 Å². The minimum Gasteiger partial charge on any atom is -0.372 e. The summed E-state index contributed by atoms with van der Waals surface area (Å²) < 4.78 is 0. The molecule has 0 spiro atoms. The van der Waals surface area contributed by atoms with Gasteiger partial charge in [0.1, 0.15) is 0 Å². The molecule has 1 amide bonds. The molecular formula is C12H18N2O. The van der Waals surface area contributed by atoms with Crippen LogP contribution in [0.25, 0.3) is 0 Å². The van der Waals surface area contributed by atoms with E-state index in [9.17, 15) is 0 Å². The number of hydrogen-bond donors (Lipinski definition) is 1. The maximum absolute atomic E-state index is 8.58. The van der Waals surface area contributed by atoms with E-state index in [4.69, 9.17) is 4.79 Å². The first-order valence-corrected chi connectivity index (χ1v) is 5.09. The third kappa shape index (κ3) is 3.36. The zero-order chi connectivity index (χ0) is 11.3. The second-order valence-corrected chi connectivity index (χ2v) is 3.90. The minimum absolute atomic E-state index is 0.250. The van der Waals surface area contributed by atoms with E-state index in [0.29, 0.717) is 0 Å². The Labute approximate surface area is 90.9 Å². The number of carbonyl (C=O) groups is 1. The van der Waals surface area contributed by atoms with Crippen molar-refractivity contribution in [3.05, 3.63) is 34.9 Å². The van der Waals surface area contributed by atoms with Crippen LogP contribution in [0.5, 0.6) is 0 Å². The Morgan fingerprint density at radius 3 is 2.73 bits per heavy atom. The van der Waals surface area contributed by atoms with Crippen molar-refractivity contribution in [2.24, 2.45) is 5.73 Å². The molecule has 2 rings (SSSR count). The van der Waals surface area contributed by atoms with Crippen LogP contribution >= 0.6 is 0 Å². The van der Waals surface area contributed by atoms with Crippen molar-refractivity contribution in [3.8, 4) is 0 Å². The molecule has 1 heterocycles. The topological polar surface area (TPSA) is 46.3 Å². The van der Waals surface area contributed by atoms with Gasteiger partial charge in [-0.05, 0) is 31.5 Å². The predicted molar refractivity (Wildman–Crippen MR) is 61.5 cm³/mol. The smallest absolute Gasteiger partial charge is 0.204 e. The Balaban J connectivity index is 0.000000337. The van der Waals surface area contributed by atoms with E-state index >= 15 is 0 Å². The first kappa shape index (κ1) is 11.7. The molecule has 0 radical (unpaired) electrons. The third-order valence-electron chi connectivity index (χ3n) is 2.56. The third-order valence-corrected chi connectivity index (χ3v) is 2.56. The molecule has 0 saturated heterocycles. The van der Waals surface area contributed by atoms with Gasteiger partial charge in [-0.15, -0.1) is 0 Å². The van der Waals surface area contributed by atoms with Crippen LogP contribution in [0.3, 0.4) is 0 Å². The Hall–Kier alpha value is -1.35. The molecule has 0 bridgehead atoms. The van der Waals surface area contributed by atoms with E-state index in [2.05, 4.69) is 42.8 Å². The van der Waals surface area contributed by atoms with Gasteiger partial charge in [0.25, 0.3) is 0 Å². The van der Waals surface area contributed by atoms with Gasteiger partial charge in [0, 0.05) is 13.1 Å². The van der Waals surface area contributed by atoms with Gasteiger partial charge in [0.2, 0.25) is 6.41 Å². The van der Waals surface area contributed by atoms with Crippen molar-refractivity contribution < 1.29 is 4.79 Å². The fraction of sp³-hybridized carbons (Fsp3) is 0.417. The number of aryl methyl sites for hydroxylation is 1. The Morgan fingerprint density at radius 2 is 2.07 bits per heavy atom. The van der Waals surface area contributed by atoms with Crippen LogP contribution in [-0.2, 0) is 17.8 Å². The molecule has 0 fully saturated rings. The molecule has 1 aliphatic rings. The number of likely N-dealkylation sites (N-methyl/N-ethyl adjacent to an activating group) is 1. The van der Waals surface area contributed by atoms with Gasteiger partial charge in [-0.2, -0.15) is 0 Å². The lowest BCUT2D eigenvalue weighted by atomic mass is 9.98. The monoisotopic (exact) mass is 206 g/mol. The van der Waals surface area contributed by atoms with Crippen molar-refractivity contribution in [3.63, 3.8) is 0 Å². The maximum Gasteiger partial charge on any atom is 0.204 e. The number of nitrogens with zero attached hydrogens (tertiary/aromatic N) is 1. The second-order valence-electron chi connectivity index (χ2n) is 3.90. The molecule has 0 aliphatic carbocycles. The van der Waals surface area contributed by atoms with Crippen molar-refractivity contribution >= 4 is 6.41 Å². The zero-order valence-corrected chi connectivity index (χ0v) is 9.36. The van der Waals surface area contributed by atoms with Crippen molar-refractivity contribution in [1.82, 2.24) is 4.90 Å². The molecule has 0 unspecified atom stereocenters. The molecule has 3 heteroatoms. The molecule has 1 aromatic rings. The molecule has 0 saturated carbocycles. The molecule has 1 aromatic carbocycles. The highest BCUT2D eigenvalue weighted by molar-refractivity contribution is 5.42. The van der Waals surface area contributed by atoms with E-state index in [-0.39, 0.29) is 6.41 Å². The average molecular weight is 206 g/mol. The zero-order valence-electron chi connectivity index (χ0n) is 9.36. The van der Waals surface area contributed by atoms with Crippen LogP contribution < -0.4 is 5.73 Å². The summed E-state index contributed by atoms with van der Waals surface area (Å²) in [4.78, 5) is 11.0. The number of primary amides is 1. The van der Waals surface area contributed by atoms with Crippen LogP contribution in [0.4, 0.5) is 0 Å². The first-order chi connectivity index (χ1) is 7.17. The van der Waals surface area contributed by atoms with Crippen LogP contribution in [0, 0.1) is 6.92 Å². The Morgan fingerprint density at radius 1 is 1.40 bits per heavy atom. The van der Waals surface area contributed by atoms with E-state index in [0.717, 1.165) is 6.54 Å². The summed E-state index contributed by atoms with van der Waals surface area (Å²) in [6.45, 7) is 4.49. The normalized spacial score (nSPS) is 14.8. The fourth-order valence-corrected chi connectivity index (χ4v) is 1.82. The van der Waals surface area contributed by atoms with E-state index in [1.807, 2.05) is 0 Å². The highest BCUT2D eigenvalue weighted by Crippen LogP contribution is 2.18. The van der Waals surface area contributed by atoms with E-state index < -0.39 is 0 Å². The first-order valence-electron chi connectivity index (χ1n) is 5.09. The molecule has 1 aliphatic heterocycles. The van der Waals surface area contributed by atoms with Crippen LogP contribution in [-0.4, -0.2) is 24.9 Å². The largest absolute Gasteiger partial charge is 0.372 e. The number of rotatable bonds is 0. The SMILES string of the molecule is Cc1ccc2c(c1)CCN(C)C2.NC=O. The molecule has 0 aromatic heterocycles. The number of carbonyl (C=O) groups excluding carboxylic acids is 1. The molecule has 82 valence electrons. The van der Waals surface area contributed by atoms with Crippen LogP contribution in [0.1, 0.15) is 16.7 Å². The number of hydrogen-bond acceptors (Lipinski definition) is 2. The van der Waals surface area contributed by atoms with Gasteiger partial charge >= 0.3 is 0 Å². The fourth-order valence-electron chi connectivity index (χ4n) is 1.82. The maximum atomic E-state index is 8.58. The summed E-state index contributed by atoms with van der Waals surface area (Å²) >= 11 is 0. The van der Waals surface area contributed by atoms with Gasteiger partial charge in [0.05, 0.1) is 0 Å².